The van der Waals surface area contributed by atoms with E-state index in [4.69, 9.17) is 5.73 Å². The van der Waals surface area contributed by atoms with Crippen molar-refractivity contribution in [3.05, 3.63) is 32.3 Å². The predicted molar refractivity (Wildman–Crippen MR) is 49.9 cm³/mol. The van der Waals surface area contributed by atoms with Crippen LogP contribution in [0.2, 0.25) is 0 Å². The average Bonchev–Trinajstić information content (AvgIpc) is 1.97. The van der Waals surface area contributed by atoms with Crippen LogP contribution in [0, 0.1) is 17.0 Å². The monoisotopic (exact) mass is 230 g/mol. The molecule has 0 aliphatic heterocycles. The Hall–Kier alpha value is -1.10. The Morgan fingerprint density at radius 3 is 2.58 bits per heavy atom. The average molecular weight is 231 g/mol. The third kappa shape index (κ3) is 1.40. The maximum atomic E-state index is 10.5. The van der Waals surface area contributed by atoms with Crippen LogP contribution in [-0.4, -0.2) is 4.92 Å². The number of nitrogen functional groups attached to an aromatic ring is 1. The predicted octanol–water partition coefficient (Wildman–Crippen LogP) is 2.25. The van der Waals surface area contributed by atoms with Gasteiger partial charge in [-0.1, -0.05) is 6.07 Å². The molecule has 1 aromatic carbocycles. The summed E-state index contributed by atoms with van der Waals surface area (Å²) in [7, 11) is 0. The normalized spacial score (nSPS) is 9.83. The van der Waals surface area contributed by atoms with Gasteiger partial charge in [0, 0.05) is 0 Å². The zero-order valence-electron chi connectivity index (χ0n) is 6.37. The van der Waals surface area contributed by atoms with Crippen LogP contribution in [0.15, 0.2) is 16.6 Å². The van der Waals surface area contributed by atoms with Crippen LogP contribution in [0.5, 0.6) is 0 Å². The molecular weight excluding hydrogens is 224 g/mol. The first kappa shape index (κ1) is 8.99. The lowest BCUT2D eigenvalue weighted by molar-refractivity contribution is -0.384. The first-order chi connectivity index (χ1) is 5.54. The lowest BCUT2D eigenvalue weighted by Crippen LogP contribution is -1.98. The van der Waals surface area contributed by atoms with Gasteiger partial charge in [0.2, 0.25) is 0 Å². The van der Waals surface area contributed by atoms with Gasteiger partial charge >= 0.3 is 5.69 Å². The van der Waals surface area contributed by atoms with Gasteiger partial charge in [-0.25, -0.2) is 0 Å². The summed E-state index contributed by atoms with van der Waals surface area (Å²) in [5.41, 5.74) is 6.38. The van der Waals surface area contributed by atoms with E-state index in [0.717, 1.165) is 0 Å². The van der Waals surface area contributed by atoms with Crippen molar-refractivity contribution in [3.8, 4) is 0 Å². The van der Waals surface area contributed by atoms with Gasteiger partial charge in [0.1, 0.15) is 5.69 Å². The fourth-order valence-electron chi connectivity index (χ4n) is 0.868. The highest BCUT2D eigenvalue weighted by molar-refractivity contribution is 9.10. The Bertz CT molecular complexity index is 338. The summed E-state index contributed by atoms with van der Waals surface area (Å²) in [5.74, 6) is 0. The zero-order valence-corrected chi connectivity index (χ0v) is 7.96. The molecule has 2 N–H and O–H groups in total. The quantitative estimate of drug-likeness (QED) is 0.457. The number of aryl methyl sites for hydroxylation is 1. The lowest BCUT2D eigenvalue weighted by Gasteiger charge is -2.01. The molecule has 1 rings (SSSR count). The lowest BCUT2D eigenvalue weighted by atomic mass is 10.2. The van der Waals surface area contributed by atoms with Gasteiger partial charge in [-0.05, 0) is 34.5 Å². The van der Waals surface area contributed by atoms with E-state index in [-0.39, 0.29) is 11.4 Å². The third-order valence-electron chi connectivity index (χ3n) is 1.57. The summed E-state index contributed by atoms with van der Waals surface area (Å²) in [6, 6.07) is 3.34. The van der Waals surface area contributed by atoms with Gasteiger partial charge in [0.15, 0.2) is 0 Å². The highest BCUT2D eigenvalue weighted by Crippen LogP contribution is 2.32. The topological polar surface area (TPSA) is 69.2 Å². The van der Waals surface area contributed by atoms with Crippen LogP contribution < -0.4 is 5.73 Å². The molecule has 0 unspecified atom stereocenters. The van der Waals surface area contributed by atoms with Gasteiger partial charge in [0.25, 0.3) is 0 Å². The minimum atomic E-state index is -0.494. The van der Waals surface area contributed by atoms with Gasteiger partial charge in [-0.15, -0.1) is 0 Å². The van der Waals surface area contributed by atoms with Crippen molar-refractivity contribution in [3.63, 3.8) is 0 Å². The largest absolute Gasteiger partial charge is 0.393 e. The Kier molecular flexibility index (Phi) is 2.32. The van der Waals surface area contributed by atoms with Gasteiger partial charge in [-0.2, -0.15) is 0 Å². The molecule has 0 radical (unpaired) electrons. The maximum Gasteiger partial charge on any atom is 0.306 e. The number of halogens is 1. The first-order valence-electron chi connectivity index (χ1n) is 3.23. The van der Waals surface area contributed by atoms with Crippen LogP contribution in [-0.2, 0) is 0 Å². The second kappa shape index (κ2) is 3.10. The smallest absolute Gasteiger partial charge is 0.306 e. The SMILES string of the molecule is Cc1ccc(Br)c([N+](=O)[O-])c1N. The van der Waals surface area contributed by atoms with E-state index < -0.39 is 4.92 Å². The standard InChI is InChI=1S/C7H7BrN2O2/c1-4-2-3-5(8)7(6(4)9)10(11)12/h2-3H,9H2,1H3. The van der Waals surface area contributed by atoms with Crippen molar-refractivity contribution < 1.29 is 4.92 Å². The molecule has 0 aliphatic carbocycles. The van der Waals surface area contributed by atoms with Crippen LogP contribution >= 0.6 is 15.9 Å². The molecule has 1 aromatic rings. The molecule has 0 bridgehead atoms. The molecule has 0 aliphatic rings. The summed E-state index contributed by atoms with van der Waals surface area (Å²) in [5, 5.41) is 10.5. The van der Waals surface area contributed by atoms with Gasteiger partial charge in [0.05, 0.1) is 9.40 Å². The second-order valence-corrected chi connectivity index (χ2v) is 3.24. The van der Waals surface area contributed by atoms with E-state index >= 15 is 0 Å². The third-order valence-corrected chi connectivity index (χ3v) is 2.21. The van der Waals surface area contributed by atoms with Crippen molar-refractivity contribution in [2.24, 2.45) is 0 Å². The molecule has 0 heterocycles. The minimum absolute atomic E-state index is 0.0602. The number of anilines is 1. The Morgan fingerprint density at radius 2 is 2.17 bits per heavy atom. The van der Waals surface area contributed by atoms with Crippen molar-refractivity contribution in [2.75, 3.05) is 5.73 Å². The number of nitro groups is 1. The molecule has 0 saturated carbocycles. The second-order valence-electron chi connectivity index (χ2n) is 2.38. The van der Waals surface area contributed by atoms with Crippen molar-refractivity contribution >= 4 is 27.3 Å². The van der Waals surface area contributed by atoms with Crippen LogP contribution in [0.1, 0.15) is 5.56 Å². The maximum absolute atomic E-state index is 10.5. The fraction of sp³-hybridized carbons (Fsp3) is 0.143. The molecule has 64 valence electrons. The number of hydrogen-bond donors (Lipinski definition) is 1. The number of nitro benzene ring substituents is 1. The molecule has 4 nitrogen and oxygen atoms in total. The zero-order chi connectivity index (χ0) is 9.30. The summed E-state index contributed by atoms with van der Waals surface area (Å²) in [4.78, 5) is 10.00. The molecule has 0 spiro atoms. The Balaban J connectivity index is 3.43. The number of nitrogens with two attached hydrogens (primary N) is 1. The van der Waals surface area contributed by atoms with E-state index in [2.05, 4.69) is 15.9 Å². The molecule has 0 aromatic heterocycles. The fourth-order valence-corrected chi connectivity index (χ4v) is 1.36. The van der Waals surface area contributed by atoms with Crippen LogP contribution in [0.3, 0.4) is 0 Å². The number of benzene rings is 1. The van der Waals surface area contributed by atoms with Crippen molar-refractivity contribution in [2.45, 2.75) is 6.92 Å². The highest BCUT2D eigenvalue weighted by atomic mass is 79.9. The van der Waals surface area contributed by atoms with Gasteiger partial charge in [-0.3, -0.25) is 10.1 Å². The molecule has 0 atom stereocenters. The Morgan fingerprint density at radius 1 is 1.58 bits per heavy atom. The minimum Gasteiger partial charge on any atom is -0.393 e. The summed E-state index contributed by atoms with van der Waals surface area (Å²) >= 11 is 3.06. The summed E-state index contributed by atoms with van der Waals surface area (Å²) in [6.07, 6.45) is 0. The number of rotatable bonds is 1. The molecule has 0 saturated heterocycles. The Labute approximate surface area is 77.7 Å². The molecule has 0 fully saturated rings. The van der Waals surface area contributed by atoms with E-state index in [9.17, 15) is 10.1 Å². The first-order valence-corrected chi connectivity index (χ1v) is 4.02. The highest BCUT2D eigenvalue weighted by Gasteiger charge is 2.17. The molecular formula is C7H7BrN2O2. The van der Waals surface area contributed by atoms with E-state index in [1.165, 1.54) is 0 Å². The van der Waals surface area contributed by atoms with E-state index in [1.54, 1.807) is 19.1 Å². The molecule has 12 heavy (non-hydrogen) atoms. The van der Waals surface area contributed by atoms with E-state index in [1.807, 2.05) is 0 Å². The van der Waals surface area contributed by atoms with E-state index in [0.29, 0.717) is 10.0 Å². The summed E-state index contributed by atoms with van der Waals surface area (Å²) in [6.45, 7) is 1.73. The number of nitrogens with zero attached hydrogens (tertiary/aromatic N) is 1. The van der Waals surface area contributed by atoms with Crippen molar-refractivity contribution in [1.82, 2.24) is 0 Å². The van der Waals surface area contributed by atoms with Crippen LogP contribution in [0.25, 0.3) is 0 Å². The van der Waals surface area contributed by atoms with Crippen LogP contribution in [0.4, 0.5) is 11.4 Å². The molecule has 0 amide bonds. The molecule has 5 heteroatoms. The number of hydrogen-bond acceptors (Lipinski definition) is 3. The van der Waals surface area contributed by atoms with Gasteiger partial charge < -0.3 is 5.73 Å². The summed E-state index contributed by atoms with van der Waals surface area (Å²) < 4.78 is 0.413. The van der Waals surface area contributed by atoms with Crippen molar-refractivity contribution in [1.29, 1.82) is 0 Å².